The first kappa shape index (κ1) is 15.1. The zero-order valence-electron chi connectivity index (χ0n) is 11.6. The van der Waals surface area contributed by atoms with Gasteiger partial charge in [-0.05, 0) is 44.2 Å². The minimum Gasteiger partial charge on any atom is -0.478 e. The molecular weight excluding hydrogens is 290 g/mol. The molecule has 0 atom stereocenters. The maximum absolute atomic E-state index is 12.2. The van der Waals surface area contributed by atoms with Crippen molar-refractivity contribution < 1.29 is 14.7 Å². The number of rotatable bonds is 3. The molecule has 2 aromatic rings. The Bertz CT molecular complexity index is 705. The van der Waals surface area contributed by atoms with E-state index in [4.69, 9.17) is 16.7 Å². The van der Waals surface area contributed by atoms with Crippen LogP contribution in [0.15, 0.2) is 36.4 Å². The van der Waals surface area contributed by atoms with Crippen LogP contribution in [0.2, 0.25) is 5.02 Å². The van der Waals surface area contributed by atoms with Gasteiger partial charge in [-0.25, -0.2) is 4.79 Å². The second kappa shape index (κ2) is 5.97. The number of carbonyl (C=O) groups excluding carboxylic acids is 1. The highest BCUT2D eigenvalue weighted by Crippen LogP contribution is 2.24. The fourth-order valence-electron chi connectivity index (χ4n) is 2.05. The predicted molar refractivity (Wildman–Crippen MR) is 82.3 cm³/mol. The lowest BCUT2D eigenvalue weighted by Gasteiger charge is -2.09. The third kappa shape index (κ3) is 3.61. The minimum absolute atomic E-state index is 0.0649. The smallest absolute Gasteiger partial charge is 0.335 e. The number of benzene rings is 2. The van der Waals surface area contributed by atoms with Gasteiger partial charge in [0.15, 0.2) is 0 Å². The Kier molecular flexibility index (Phi) is 4.29. The second-order valence-corrected chi connectivity index (χ2v) is 5.24. The van der Waals surface area contributed by atoms with E-state index in [9.17, 15) is 9.59 Å². The molecule has 0 fully saturated rings. The van der Waals surface area contributed by atoms with Crippen LogP contribution in [0.5, 0.6) is 0 Å². The number of amides is 1. The Balaban J connectivity index is 2.31. The van der Waals surface area contributed by atoms with Crippen molar-refractivity contribution >= 4 is 29.2 Å². The molecular formula is C16H14ClNO3. The van der Waals surface area contributed by atoms with Gasteiger partial charge in [0.1, 0.15) is 0 Å². The van der Waals surface area contributed by atoms with Crippen LogP contribution < -0.4 is 5.32 Å². The zero-order chi connectivity index (χ0) is 15.6. The minimum atomic E-state index is -1.08. The van der Waals surface area contributed by atoms with E-state index < -0.39 is 5.97 Å². The highest BCUT2D eigenvalue weighted by Gasteiger charge is 2.12. The van der Waals surface area contributed by atoms with Crippen LogP contribution in [0, 0.1) is 13.8 Å². The molecule has 2 rings (SSSR count). The molecule has 0 aliphatic rings. The topological polar surface area (TPSA) is 66.4 Å². The molecule has 0 radical (unpaired) electrons. The zero-order valence-corrected chi connectivity index (χ0v) is 12.4. The highest BCUT2D eigenvalue weighted by molar-refractivity contribution is 6.34. The molecule has 0 aromatic heterocycles. The van der Waals surface area contributed by atoms with Crippen molar-refractivity contribution in [1.82, 2.24) is 0 Å². The standard InChI is InChI=1S/C16H14ClNO3/c1-9-5-10(2)7-12(6-9)15(19)18-14-8-11(16(20)21)3-4-13(14)17/h3-8H,1-2H3,(H,18,19)(H,20,21). The van der Waals surface area contributed by atoms with Crippen LogP contribution in [0.3, 0.4) is 0 Å². The number of halogens is 1. The van der Waals surface area contributed by atoms with Crippen LogP contribution in [0.25, 0.3) is 0 Å². The Hall–Kier alpha value is -2.33. The monoisotopic (exact) mass is 303 g/mol. The summed E-state index contributed by atoms with van der Waals surface area (Å²) >= 11 is 5.99. The molecule has 1 amide bonds. The van der Waals surface area contributed by atoms with E-state index in [0.717, 1.165) is 11.1 Å². The Morgan fingerprint density at radius 2 is 1.62 bits per heavy atom. The summed E-state index contributed by atoms with van der Waals surface area (Å²) in [6.45, 7) is 3.81. The van der Waals surface area contributed by atoms with Crippen molar-refractivity contribution in [1.29, 1.82) is 0 Å². The van der Waals surface area contributed by atoms with Gasteiger partial charge in [-0.15, -0.1) is 0 Å². The molecule has 4 nitrogen and oxygen atoms in total. The van der Waals surface area contributed by atoms with Crippen molar-refractivity contribution in [2.45, 2.75) is 13.8 Å². The Morgan fingerprint density at radius 1 is 1.00 bits per heavy atom. The summed E-state index contributed by atoms with van der Waals surface area (Å²) < 4.78 is 0. The fourth-order valence-corrected chi connectivity index (χ4v) is 2.22. The third-order valence-corrected chi connectivity index (χ3v) is 3.27. The van der Waals surface area contributed by atoms with Crippen molar-refractivity contribution in [2.24, 2.45) is 0 Å². The van der Waals surface area contributed by atoms with Gasteiger partial charge >= 0.3 is 5.97 Å². The highest BCUT2D eigenvalue weighted by atomic mass is 35.5. The van der Waals surface area contributed by atoms with Crippen molar-refractivity contribution in [3.05, 3.63) is 63.7 Å². The number of aryl methyl sites for hydroxylation is 2. The number of anilines is 1. The van der Waals surface area contributed by atoms with Crippen LogP contribution in [0.1, 0.15) is 31.8 Å². The molecule has 0 spiro atoms. The van der Waals surface area contributed by atoms with Crippen LogP contribution in [-0.4, -0.2) is 17.0 Å². The van der Waals surface area contributed by atoms with E-state index in [1.165, 1.54) is 18.2 Å². The van der Waals surface area contributed by atoms with E-state index in [0.29, 0.717) is 5.56 Å². The maximum atomic E-state index is 12.2. The van der Waals surface area contributed by atoms with Crippen LogP contribution >= 0.6 is 11.6 Å². The van der Waals surface area contributed by atoms with Gasteiger partial charge in [-0.2, -0.15) is 0 Å². The SMILES string of the molecule is Cc1cc(C)cc(C(=O)Nc2cc(C(=O)O)ccc2Cl)c1. The van der Waals surface area contributed by atoms with Crippen molar-refractivity contribution in [2.75, 3.05) is 5.32 Å². The lowest BCUT2D eigenvalue weighted by atomic mass is 10.1. The average molecular weight is 304 g/mol. The van der Waals surface area contributed by atoms with Gasteiger partial charge in [0.25, 0.3) is 5.91 Å². The van der Waals surface area contributed by atoms with E-state index in [-0.39, 0.29) is 22.2 Å². The second-order valence-electron chi connectivity index (χ2n) is 4.83. The van der Waals surface area contributed by atoms with Crippen LogP contribution in [0.4, 0.5) is 5.69 Å². The predicted octanol–water partition coefficient (Wildman–Crippen LogP) is 3.91. The van der Waals surface area contributed by atoms with E-state index in [2.05, 4.69) is 5.32 Å². The normalized spacial score (nSPS) is 10.2. The number of nitrogens with one attached hydrogen (secondary N) is 1. The van der Waals surface area contributed by atoms with Gasteiger partial charge in [-0.3, -0.25) is 4.79 Å². The summed E-state index contributed by atoms with van der Waals surface area (Å²) in [5, 5.41) is 11.9. The number of carbonyl (C=O) groups is 2. The molecule has 0 unspecified atom stereocenters. The Labute approximate surface area is 127 Å². The van der Waals surface area contributed by atoms with Crippen molar-refractivity contribution in [3.63, 3.8) is 0 Å². The molecule has 0 aliphatic heterocycles. The molecule has 0 bridgehead atoms. The quantitative estimate of drug-likeness (QED) is 0.903. The first-order chi connectivity index (χ1) is 9.86. The lowest BCUT2D eigenvalue weighted by Crippen LogP contribution is -2.13. The molecule has 0 saturated heterocycles. The molecule has 0 aliphatic carbocycles. The molecule has 0 heterocycles. The molecule has 108 valence electrons. The van der Waals surface area contributed by atoms with Gasteiger partial charge in [0.05, 0.1) is 16.3 Å². The van der Waals surface area contributed by atoms with Crippen molar-refractivity contribution in [3.8, 4) is 0 Å². The number of hydrogen-bond donors (Lipinski definition) is 2. The van der Waals surface area contributed by atoms with Gasteiger partial charge in [0.2, 0.25) is 0 Å². The summed E-state index contributed by atoms with van der Waals surface area (Å²) in [5.74, 6) is -1.40. The molecule has 2 aromatic carbocycles. The molecule has 5 heteroatoms. The van der Waals surface area contributed by atoms with E-state index in [1.807, 2.05) is 19.9 Å². The van der Waals surface area contributed by atoms with Gasteiger partial charge < -0.3 is 10.4 Å². The maximum Gasteiger partial charge on any atom is 0.335 e. The summed E-state index contributed by atoms with van der Waals surface area (Å²) in [7, 11) is 0. The summed E-state index contributed by atoms with van der Waals surface area (Å²) in [6.07, 6.45) is 0. The van der Waals surface area contributed by atoms with Gasteiger partial charge in [-0.1, -0.05) is 28.8 Å². The lowest BCUT2D eigenvalue weighted by molar-refractivity contribution is 0.0696. The summed E-state index contributed by atoms with van der Waals surface area (Å²) in [4.78, 5) is 23.2. The third-order valence-electron chi connectivity index (χ3n) is 2.95. The molecule has 21 heavy (non-hydrogen) atoms. The largest absolute Gasteiger partial charge is 0.478 e. The average Bonchev–Trinajstić information content (AvgIpc) is 2.39. The summed E-state index contributed by atoms with van der Waals surface area (Å²) in [5.41, 5.74) is 2.80. The number of aromatic carboxylic acids is 1. The summed E-state index contributed by atoms with van der Waals surface area (Å²) in [6, 6.07) is 9.66. The number of hydrogen-bond acceptors (Lipinski definition) is 2. The van der Waals surface area contributed by atoms with Gasteiger partial charge in [0, 0.05) is 5.56 Å². The molecule has 2 N–H and O–H groups in total. The fraction of sp³-hybridized carbons (Fsp3) is 0.125. The number of carboxylic acid groups (broad SMARTS) is 1. The molecule has 0 saturated carbocycles. The Morgan fingerprint density at radius 3 is 2.19 bits per heavy atom. The van der Waals surface area contributed by atoms with Crippen LogP contribution in [-0.2, 0) is 0 Å². The van der Waals surface area contributed by atoms with E-state index >= 15 is 0 Å². The van der Waals surface area contributed by atoms with E-state index in [1.54, 1.807) is 12.1 Å². The number of carboxylic acids is 1. The first-order valence-electron chi connectivity index (χ1n) is 6.29. The first-order valence-corrected chi connectivity index (χ1v) is 6.67.